The van der Waals surface area contributed by atoms with Crippen molar-refractivity contribution < 1.29 is 4.74 Å². The van der Waals surface area contributed by atoms with Gasteiger partial charge in [0.1, 0.15) is 11.5 Å². The number of fused-ring (bicyclic) bond motifs is 4. The Hall–Kier alpha value is -4.82. The Morgan fingerprint density at radius 2 is 1.26 bits per heavy atom. The lowest BCUT2D eigenvalue weighted by Gasteiger charge is -2.49. The molecule has 6 aromatic carbocycles. The summed E-state index contributed by atoms with van der Waals surface area (Å²) in [5.74, 6) is 5.21. The molecule has 2 nitrogen and oxygen atoms in total. The zero-order chi connectivity index (χ0) is 35.7. The van der Waals surface area contributed by atoms with Crippen molar-refractivity contribution in [2.75, 3.05) is 4.90 Å². The maximum Gasteiger partial charge on any atom is 0.131 e. The van der Waals surface area contributed by atoms with E-state index in [4.69, 9.17) is 4.74 Å². The minimum absolute atomic E-state index is 0.0147. The van der Waals surface area contributed by atoms with Crippen LogP contribution in [-0.2, 0) is 16.2 Å². The summed E-state index contributed by atoms with van der Waals surface area (Å²) in [7, 11) is 0. The molecule has 12 rings (SSSR count). The van der Waals surface area contributed by atoms with Crippen LogP contribution in [-0.4, -0.2) is 0 Å². The van der Waals surface area contributed by atoms with Crippen molar-refractivity contribution in [2.24, 2.45) is 23.7 Å². The van der Waals surface area contributed by atoms with Gasteiger partial charge in [0.25, 0.3) is 0 Å². The molecule has 4 fully saturated rings. The second-order valence-corrected chi connectivity index (χ2v) is 18.4. The highest BCUT2D eigenvalue weighted by Crippen LogP contribution is 2.72. The topological polar surface area (TPSA) is 12.5 Å². The van der Waals surface area contributed by atoms with E-state index < -0.39 is 0 Å². The van der Waals surface area contributed by atoms with Crippen LogP contribution in [0.5, 0.6) is 11.5 Å². The second kappa shape index (κ2) is 11.1. The number of anilines is 3. The van der Waals surface area contributed by atoms with Gasteiger partial charge >= 0.3 is 0 Å². The van der Waals surface area contributed by atoms with Gasteiger partial charge in [-0.05, 0) is 155 Å². The number of nitrogens with zero attached hydrogens (tertiary/aromatic N) is 1. The van der Waals surface area contributed by atoms with Crippen LogP contribution in [0.25, 0.3) is 21.9 Å². The standard InChI is InChI=1S/C51H49NO/c1-49(2)24-25-50(3,4)48-42(49)13-9-14-45(48)52(39-20-18-34(19-21-39)36-17-16-33-10-5-6-11-35(33)29-36)40-22-23-47-44(31-40)51(41-12-7-8-15-46(41)53-47)38-27-32-26-37(30-38)43(51)28-32/h5-23,29,31-32,37-38,43H,24-28,30H2,1-4H3. The van der Waals surface area contributed by atoms with E-state index in [1.54, 1.807) is 0 Å². The highest BCUT2D eigenvalue weighted by molar-refractivity contribution is 5.88. The molecular weight excluding hydrogens is 643 g/mol. The van der Waals surface area contributed by atoms with Crippen molar-refractivity contribution >= 4 is 27.8 Å². The van der Waals surface area contributed by atoms with Crippen molar-refractivity contribution in [3.8, 4) is 22.6 Å². The molecule has 0 saturated heterocycles. The molecule has 0 aromatic heterocycles. The quantitative estimate of drug-likeness (QED) is 0.182. The molecule has 5 aliphatic carbocycles. The Bertz CT molecular complexity index is 2430. The van der Waals surface area contributed by atoms with Gasteiger partial charge in [-0.3, -0.25) is 0 Å². The Morgan fingerprint density at radius 1 is 0.547 bits per heavy atom. The third kappa shape index (κ3) is 4.51. The van der Waals surface area contributed by atoms with Crippen LogP contribution < -0.4 is 9.64 Å². The first-order chi connectivity index (χ1) is 25.7. The molecule has 2 heteroatoms. The summed E-state index contributed by atoms with van der Waals surface area (Å²) in [4.78, 5) is 2.59. The van der Waals surface area contributed by atoms with Crippen molar-refractivity contribution in [1.82, 2.24) is 0 Å². The number of ether oxygens (including phenoxy) is 1. The number of hydrogen-bond acceptors (Lipinski definition) is 2. The van der Waals surface area contributed by atoms with Crippen LogP contribution in [0.4, 0.5) is 17.1 Å². The summed E-state index contributed by atoms with van der Waals surface area (Å²) in [5.41, 5.74) is 12.2. The van der Waals surface area contributed by atoms with E-state index in [0.29, 0.717) is 11.8 Å². The highest BCUT2D eigenvalue weighted by Gasteiger charge is 2.65. The molecule has 1 heterocycles. The molecule has 4 bridgehead atoms. The van der Waals surface area contributed by atoms with Crippen LogP contribution in [0.3, 0.4) is 0 Å². The van der Waals surface area contributed by atoms with Crippen molar-refractivity contribution in [3.63, 3.8) is 0 Å². The van der Waals surface area contributed by atoms with Gasteiger partial charge < -0.3 is 9.64 Å². The second-order valence-electron chi connectivity index (χ2n) is 18.4. The van der Waals surface area contributed by atoms with Crippen LogP contribution in [0.2, 0.25) is 0 Å². The molecule has 6 aliphatic rings. The first kappa shape index (κ1) is 31.7. The van der Waals surface area contributed by atoms with Gasteiger partial charge in [-0.15, -0.1) is 0 Å². The van der Waals surface area contributed by atoms with Crippen LogP contribution in [0, 0.1) is 23.7 Å². The smallest absolute Gasteiger partial charge is 0.131 e. The molecule has 0 radical (unpaired) electrons. The average molecular weight is 692 g/mol. The Kier molecular flexibility index (Phi) is 6.64. The summed E-state index contributed by atoms with van der Waals surface area (Å²) in [6, 6.07) is 48.2. The fourth-order valence-corrected chi connectivity index (χ4v) is 12.3. The monoisotopic (exact) mass is 691 g/mol. The number of para-hydroxylation sites is 1. The van der Waals surface area contributed by atoms with Gasteiger partial charge in [-0.2, -0.15) is 0 Å². The third-order valence-corrected chi connectivity index (χ3v) is 14.7. The number of benzene rings is 6. The number of rotatable bonds is 4. The molecule has 5 atom stereocenters. The molecule has 4 saturated carbocycles. The lowest BCUT2D eigenvalue weighted by molar-refractivity contribution is 0.173. The fraction of sp³-hybridized carbons (Fsp3) is 0.333. The third-order valence-electron chi connectivity index (χ3n) is 14.7. The van der Waals surface area contributed by atoms with Crippen molar-refractivity contribution in [2.45, 2.75) is 82.5 Å². The lowest BCUT2D eigenvalue weighted by atomic mass is 9.56. The van der Waals surface area contributed by atoms with E-state index in [1.165, 1.54) is 99.7 Å². The normalized spacial score (nSPS) is 26.6. The summed E-state index contributed by atoms with van der Waals surface area (Å²) in [6.45, 7) is 9.80. The van der Waals surface area contributed by atoms with Crippen LogP contribution >= 0.6 is 0 Å². The summed E-state index contributed by atoms with van der Waals surface area (Å²) >= 11 is 0. The van der Waals surface area contributed by atoms with Crippen molar-refractivity contribution in [1.29, 1.82) is 0 Å². The van der Waals surface area contributed by atoms with E-state index >= 15 is 0 Å². The summed E-state index contributed by atoms with van der Waals surface area (Å²) in [5, 5.41) is 2.55. The predicted octanol–water partition coefficient (Wildman–Crippen LogP) is 13.8. The van der Waals surface area contributed by atoms with Gasteiger partial charge in [0.15, 0.2) is 0 Å². The van der Waals surface area contributed by atoms with E-state index in [1.807, 2.05) is 0 Å². The maximum absolute atomic E-state index is 6.85. The Morgan fingerprint density at radius 3 is 2.11 bits per heavy atom. The maximum atomic E-state index is 6.85. The van der Waals surface area contributed by atoms with Gasteiger partial charge in [-0.1, -0.05) is 107 Å². The summed E-state index contributed by atoms with van der Waals surface area (Å²) < 4.78 is 6.85. The van der Waals surface area contributed by atoms with Gasteiger partial charge in [0.05, 0.1) is 5.69 Å². The zero-order valence-electron chi connectivity index (χ0n) is 31.5. The van der Waals surface area contributed by atoms with Gasteiger partial charge in [0.2, 0.25) is 0 Å². The van der Waals surface area contributed by atoms with Crippen LogP contribution in [0.1, 0.15) is 88.5 Å². The molecule has 6 aromatic rings. The molecule has 264 valence electrons. The number of hydrogen-bond donors (Lipinski definition) is 0. The fourth-order valence-electron chi connectivity index (χ4n) is 12.3. The van der Waals surface area contributed by atoms with Crippen molar-refractivity contribution in [3.05, 3.63) is 150 Å². The molecule has 1 aliphatic heterocycles. The Balaban J connectivity index is 1.11. The largest absolute Gasteiger partial charge is 0.457 e. The van der Waals surface area contributed by atoms with Gasteiger partial charge in [0, 0.05) is 27.9 Å². The lowest BCUT2D eigenvalue weighted by Crippen LogP contribution is -2.44. The van der Waals surface area contributed by atoms with Gasteiger partial charge in [-0.25, -0.2) is 0 Å². The van der Waals surface area contributed by atoms with E-state index in [9.17, 15) is 0 Å². The van der Waals surface area contributed by atoms with E-state index in [-0.39, 0.29) is 16.2 Å². The van der Waals surface area contributed by atoms with E-state index in [2.05, 4.69) is 160 Å². The van der Waals surface area contributed by atoms with Crippen LogP contribution in [0.15, 0.2) is 127 Å². The predicted molar refractivity (Wildman–Crippen MR) is 219 cm³/mol. The molecular formula is C51H49NO. The Labute approximate surface area is 314 Å². The molecule has 53 heavy (non-hydrogen) atoms. The SMILES string of the molecule is CC1(C)CCC(C)(C)c2c(N(c3ccc(-c4ccc5ccccc5c4)cc3)c3ccc4c(c3)C3(c5ccccc5O4)C4CC5CC(C4)C3C5)cccc21. The first-order valence-electron chi connectivity index (χ1n) is 20.2. The molecule has 0 N–H and O–H groups in total. The molecule has 1 spiro atoms. The van der Waals surface area contributed by atoms with E-state index in [0.717, 1.165) is 23.3 Å². The average Bonchev–Trinajstić information content (AvgIpc) is 3.59. The molecule has 5 unspecified atom stereocenters. The highest BCUT2D eigenvalue weighted by atomic mass is 16.5. The zero-order valence-corrected chi connectivity index (χ0v) is 31.5. The first-order valence-corrected chi connectivity index (χ1v) is 20.2. The minimum Gasteiger partial charge on any atom is -0.457 e. The summed E-state index contributed by atoms with van der Waals surface area (Å²) in [6.07, 6.45) is 7.84. The molecule has 0 amide bonds. The minimum atomic E-state index is 0.0147.